The van der Waals surface area contributed by atoms with Crippen LogP contribution in [0.15, 0.2) is 23.6 Å². The Hall–Kier alpha value is -1.69. The number of nitrogens with one attached hydrogen (secondary N) is 1. The van der Waals surface area contributed by atoms with Gasteiger partial charge in [-0.2, -0.15) is 4.98 Å². The molecule has 76 valence electrons. The van der Waals surface area contributed by atoms with Crippen LogP contribution < -0.4 is 11.1 Å². The van der Waals surface area contributed by atoms with Gasteiger partial charge >= 0.3 is 0 Å². The second-order valence-corrected chi connectivity index (χ2v) is 2.70. The van der Waals surface area contributed by atoms with Crippen LogP contribution in [0.1, 0.15) is 12.2 Å². The van der Waals surface area contributed by atoms with Crippen molar-refractivity contribution in [3.63, 3.8) is 0 Å². The highest BCUT2D eigenvalue weighted by Gasteiger charge is 2.11. The van der Waals surface area contributed by atoms with E-state index in [2.05, 4.69) is 26.6 Å². The second-order valence-electron chi connectivity index (χ2n) is 2.70. The van der Waals surface area contributed by atoms with E-state index in [1.165, 1.54) is 6.39 Å². The molecule has 1 amide bonds. The summed E-state index contributed by atoms with van der Waals surface area (Å²) in [4.78, 5) is 15.0. The molecule has 1 aromatic rings. The number of carbonyl (C=O) groups is 1. The van der Waals surface area contributed by atoms with Gasteiger partial charge in [0.15, 0.2) is 5.82 Å². The minimum atomic E-state index is -0.570. The quantitative estimate of drug-likeness (QED) is 0.624. The molecule has 14 heavy (non-hydrogen) atoms. The normalized spacial score (nSPS) is 12.1. The SMILES string of the molecule is C=CCC(N)C(=O)NCc1ncon1. The Balaban J connectivity index is 2.31. The van der Waals surface area contributed by atoms with Crippen molar-refractivity contribution in [3.05, 3.63) is 24.9 Å². The summed E-state index contributed by atoms with van der Waals surface area (Å²) in [5, 5.41) is 6.10. The lowest BCUT2D eigenvalue weighted by Crippen LogP contribution is -2.39. The Morgan fingerprint density at radius 3 is 3.21 bits per heavy atom. The lowest BCUT2D eigenvalue weighted by Gasteiger charge is -2.07. The van der Waals surface area contributed by atoms with Crippen LogP contribution in [-0.2, 0) is 11.3 Å². The van der Waals surface area contributed by atoms with Crippen LogP contribution in [0.2, 0.25) is 0 Å². The molecule has 0 aliphatic heterocycles. The molecule has 0 aliphatic rings. The van der Waals surface area contributed by atoms with E-state index in [9.17, 15) is 4.79 Å². The highest BCUT2D eigenvalue weighted by atomic mass is 16.5. The predicted octanol–water partition coefficient (Wildman–Crippen LogP) is -0.411. The van der Waals surface area contributed by atoms with Crippen LogP contribution in [0.25, 0.3) is 0 Å². The number of nitrogens with zero attached hydrogens (tertiary/aromatic N) is 2. The maximum atomic E-state index is 11.3. The number of nitrogens with two attached hydrogens (primary N) is 1. The third-order valence-electron chi connectivity index (χ3n) is 1.59. The van der Waals surface area contributed by atoms with Gasteiger partial charge in [-0.1, -0.05) is 11.2 Å². The van der Waals surface area contributed by atoms with E-state index in [0.29, 0.717) is 12.2 Å². The molecular formula is C8H12N4O2. The van der Waals surface area contributed by atoms with Gasteiger partial charge in [-0.15, -0.1) is 6.58 Å². The van der Waals surface area contributed by atoms with E-state index in [1.807, 2.05) is 0 Å². The summed E-state index contributed by atoms with van der Waals surface area (Å²) in [6.45, 7) is 3.72. The monoisotopic (exact) mass is 196 g/mol. The molecule has 6 nitrogen and oxygen atoms in total. The summed E-state index contributed by atoms with van der Waals surface area (Å²) >= 11 is 0. The topological polar surface area (TPSA) is 94.0 Å². The van der Waals surface area contributed by atoms with Crippen LogP contribution in [0.5, 0.6) is 0 Å². The van der Waals surface area contributed by atoms with Crippen molar-refractivity contribution in [1.29, 1.82) is 0 Å². The largest absolute Gasteiger partial charge is 0.347 e. The summed E-state index contributed by atoms with van der Waals surface area (Å²) in [7, 11) is 0. The zero-order valence-corrected chi connectivity index (χ0v) is 7.64. The molecule has 0 bridgehead atoms. The molecule has 0 saturated heterocycles. The minimum Gasteiger partial charge on any atom is -0.347 e. The number of rotatable bonds is 5. The predicted molar refractivity (Wildman–Crippen MR) is 48.9 cm³/mol. The van der Waals surface area contributed by atoms with Gasteiger partial charge in [0.1, 0.15) is 0 Å². The van der Waals surface area contributed by atoms with Crippen LogP contribution in [0, 0.1) is 0 Å². The maximum absolute atomic E-state index is 11.3. The summed E-state index contributed by atoms with van der Waals surface area (Å²) in [6.07, 6.45) is 3.24. The average molecular weight is 196 g/mol. The second kappa shape index (κ2) is 5.13. The third-order valence-corrected chi connectivity index (χ3v) is 1.59. The van der Waals surface area contributed by atoms with E-state index >= 15 is 0 Å². The molecule has 1 rings (SSSR count). The number of amides is 1. The van der Waals surface area contributed by atoms with Crippen molar-refractivity contribution < 1.29 is 9.32 Å². The van der Waals surface area contributed by atoms with Gasteiger partial charge in [-0.3, -0.25) is 4.79 Å². The minimum absolute atomic E-state index is 0.222. The third kappa shape index (κ3) is 2.98. The van der Waals surface area contributed by atoms with Gasteiger partial charge < -0.3 is 15.6 Å². The fourth-order valence-electron chi connectivity index (χ4n) is 0.854. The van der Waals surface area contributed by atoms with E-state index in [-0.39, 0.29) is 12.5 Å². The summed E-state index contributed by atoms with van der Waals surface area (Å²) < 4.78 is 4.49. The Morgan fingerprint density at radius 2 is 2.64 bits per heavy atom. The zero-order chi connectivity index (χ0) is 10.4. The fourth-order valence-corrected chi connectivity index (χ4v) is 0.854. The molecule has 0 aromatic carbocycles. The molecule has 1 unspecified atom stereocenters. The molecule has 0 radical (unpaired) electrons. The van der Waals surface area contributed by atoms with Gasteiger partial charge in [0.2, 0.25) is 12.3 Å². The molecule has 0 spiro atoms. The van der Waals surface area contributed by atoms with Crippen molar-refractivity contribution in [2.75, 3.05) is 0 Å². The highest BCUT2D eigenvalue weighted by Crippen LogP contribution is 1.91. The maximum Gasteiger partial charge on any atom is 0.237 e. The van der Waals surface area contributed by atoms with Gasteiger partial charge in [0.25, 0.3) is 0 Å². The Labute approximate surface area is 81.2 Å². The van der Waals surface area contributed by atoms with E-state index < -0.39 is 6.04 Å². The molecule has 0 aliphatic carbocycles. The van der Waals surface area contributed by atoms with Gasteiger partial charge in [-0.25, -0.2) is 0 Å². The van der Waals surface area contributed by atoms with Gasteiger partial charge in [0.05, 0.1) is 12.6 Å². The molecule has 0 saturated carbocycles. The molecule has 3 N–H and O–H groups in total. The summed E-state index contributed by atoms with van der Waals surface area (Å²) in [5.41, 5.74) is 5.52. The summed E-state index contributed by atoms with van der Waals surface area (Å²) in [6, 6.07) is -0.570. The average Bonchev–Trinajstić information content (AvgIpc) is 2.67. The molecule has 1 heterocycles. The lowest BCUT2D eigenvalue weighted by atomic mass is 10.2. The van der Waals surface area contributed by atoms with E-state index in [4.69, 9.17) is 5.73 Å². The van der Waals surface area contributed by atoms with Gasteiger partial charge in [0, 0.05) is 0 Å². The first-order valence-corrected chi connectivity index (χ1v) is 4.13. The van der Waals surface area contributed by atoms with Crippen molar-refractivity contribution in [2.24, 2.45) is 5.73 Å². The molecule has 1 atom stereocenters. The van der Waals surface area contributed by atoms with Crippen LogP contribution in [0.3, 0.4) is 0 Å². The highest BCUT2D eigenvalue weighted by molar-refractivity contribution is 5.81. The Kier molecular flexibility index (Phi) is 3.81. The first-order chi connectivity index (χ1) is 6.74. The van der Waals surface area contributed by atoms with E-state index in [0.717, 1.165) is 0 Å². The van der Waals surface area contributed by atoms with Crippen molar-refractivity contribution >= 4 is 5.91 Å². The molecule has 1 aromatic heterocycles. The van der Waals surface area contributed by atoms with Crippen LogP contribution in [0.4, 0.5) is 0 Å². The fraction of sp³-hybridized carbons (Fsp3) is 0.375. The Bertz CT molecular complexity index is 296. The van der Waals surface area contributed by atoms with Crippen molar-refractivity contribution in [3.8, 4) is 0 Å². The van der Waals surface area contributed by atoms with E-state index in [1.54, 1.807) is 6.08 Å². The lowest BCUT2D eigenvalue weighted by molar-refractivity contribution is -0.122. The summed E-state index contributed by atoms with van der Waals surface area (Å²) in [5.74, 6) is 0.166. The molecule has 0 fully saturated rings. The number of hydrogen-bond acceptors (Lipinski definition) is 5. The van der Waals surface area contributed by atoms with Crippen LogP contribution in [-0.4, -0.2) is 22.1 Å². The van der Waals surface area contributed by atoms with Gasteiger partial charge in [-0.05, 0) is 6.42 Å². The first-order valence-electron chi connectivity index (χ1n) is 4.13. The first kappa shape index (κ1) is 10.4. The number of aromatic nitrogens is 2. The zero-order valence-electron chi connectivity index (χ0n) is 7.64. The molecular weight excluding hydrogens is 184 g/mol. The van der Waals surface area contributed by atoms with Crippen LogP contribution >= 0.6 is 0 Å². The van der Waals surface area contributed by atoms with Crippen molar-refractivity contribution in [2.45, 2.75) is 19.0 Å². The number of hydrogen-bond donors (Lipinski definition) is 2. The number of carbonyl (C=O) groups excluding carboxylic acids is 1. The smallest absolute Gasteiger partial charge is 0.237 e. The standard InChI is InChI=1S/C8H12N4O2/c1-2-3-6(9)8(13)10-4-7-11-5-14-12-7/h2,5-6H,1,3-4,9H2,(H,10,13). The Morgan fingerprint density at radius 1 is 1.86 bits per heavy atom. The molecule has 6 heteroatoms. The van der Waals surface area contributed by atoms with Crippen molar-refractivity contribution in [1.82, 2.24) is 15.5 Å².